The van der Waals surface area contributed by atoms with Crippen LogP contribution in [0.15, 0.2) is 120 Å². The van der Waals surface area contributed by atoms with Crippen molar-refractivity contribution in [2.24, 2.45) is 22.7 Å². The zero-order valence-electron chi connectivity index (χ0n) is 46.5. The molecule has 6 aliphatic rings. The van der Waals surface area contributed by atoms with Crippen LogP contribution in [-0.2, 0) is 21.7 Å². The van der Waals surface area contributed by atoms with Crippen molar-refractivity contribution in [3.05, 3.63) is 148 Å². The van der Waals surface area contributed by atoms with E-state index in [1.807, 2.05) is 0 Å². The van der Waals surface area contributed by atoms with Crippen molar-refractivity contribution in [3.8, 4) is 11.1 Å². The molecule has 71 heavy (non-hydrogen) atoms. The van der Waals surface area contributed by atoms with Gasteiger partial charge in [-0.25, -0.2) is 0 Å². The number of hydrogen-bond donors (Lipinski definition) is 0. The van der Waals surface area contributed by atoms with Crippen LogP contribution in [0.5, 0.6) is 0 Å². The summed E-state index contributed by atoms with van der Waals surface area (Å²) in [6.45, 7) is 43.7. The second-order valence-corrected chi connectivity index (χ2v) is 29.1. The van der Waals surface area contributed by atoms with Crippen LogP contribution in [0.3, 0.4) is 0 Å². The summed E-state index contributed by atoms with van der Waals surface area (Å²) in [5.74, 6) is 1.75. The number of hydrogen-bond acceptors (Lipinski definition) is 3. The smallest absolute Gasteiger partial charge is 0.249 e. The molecule has 2 aliphatic heterocycles. The Morgan fingerprint density at radius 1 is 0.817 bits per heavy atom. The normalized spacial score (nSPS) is 24.8. The lowest BCUT2D eigenvalue weighted by atomic mass is 9.31. The van der Waals surface area contributed by atoms with Crippen LogP contribution >= 0.6 is 11.3 Å². The van der Waals surface area contributed by atoms with Crippen LogP contribution in [0.4, 0.5) is 16.4 Å². The van der Waals surface area contributed by atoms with E-state index < -0.39 is 0 Å². The van der Waals surface area contributed by atoms with Gasteiger partial charge in [0, 0.05) is 27.3 Å². The Morgan fingerprint density at radius 3 is 2.15 bits per heavy atom. The molecule has 2 nitrogen and oxygen atoms in total. The van der Waals surface area contributed by atoms with Gasteiger partial charge in [-0.2, -0.15) is 0 Å². The fraction of sp³-hybridized carbons (Fsp3) is 0.493. The first-order chi connectivity index (χ1) is 33.2. The van der Waals surface area contributed by atoms with Gasteiger partial charge >= 0.3 is 0 Å². The van der Waals surface area contributed by atoms with Crippen LogP contribution in [0.1, 0.15) is 189 Å². The second kappa shape index (κ2) is 16.2. The van der Waals surface area contributed by atoms with Gasteiger partial charge in [-0.15, -0.1) is 17.9 Å². The summed E-state index contributed by atoms with van der Waals surface area (Å²) in [5.41, 5.74) is 22.2. The molecular formula is C67H83BN2S. The molecule has 0 amide bonds. The highest BCUT2D eigenvalue weighted by atomic mass is 32.1. The van der Waals surface area contributed by atoms with E-state index in [4.69, 9.17) is 0 Å². The number of allylic oxidation sites excluding steroid dienone is 4. The van der Waals surface area contributed by atoms with Gasteiger partial charge in [0.25, 0.3) is 0 Å². The molecule has 0 saturated heterocycles. The monoisotopic (exact) mass is 959 g/mol. The standard InChI is InChI=1S/C67H83BN2S/c1-18-44(62(4,5)6)25-24-40(2)69-56-33-46(64(10,11)12)34-57-60(56)68(59-49-35-50-47(36-58(49)71-61(59)69)41(3)43-28-29-67(50,17)39-43)53-37-51-52(66(15,16)31-30-65(51,13)14)38-55(53)70(57)54-27-26-45(63(7,8)9)32-48(54)42-22-20-19-21-23-42/h18-24,26-27,32,34-38,41,43-44,56H,1,25,28-31,33,39H2,2-17H3/b40-24+/t41?,43?,44?,56?,67-/m0/s1. The molecule has 4 heteroatoms. The van der Waals surface area contributed by atoms with E-state index in [1.54, 1.807) is 27.6 Å². The molecule has 4 aromatic carbocycles. The number of anilines is 3. The van der Waals surface area contributed by atoms with E-state index in [9.17, 15) is 0 Å². The van der Waals surface area contributed by atoms with Crippen LogP contribution < -0.4 is 20.7 Å². The van der Waals surface area contributed by atoms with Gasteiger partial charge in [-0.05, 0) is 194 Å². The molecule has 1 saturated carbocycles. The fourth-order valence-corrected chi connectivity index (χ4v) is 15.9. The van der Waals surface area contributed by atoms with Crippen molar-refractivity contribution in [3.63, 3.8) is 0 Å². The van der Waals surface area contributed by atoms with Gasteiger partial charge in [0.1, 0.15) is 0 Å². The summed E-state index contributed by atoms with van der Waals surface area (Å²) < 4.78 is 1.47. The summed E-state index contributed by atoms with van der Waals surface area (Å²) >= 11 is 2.10. The highest BCUT2D eigenvalue weighted by molar-refractivity contribution is 7.26. The lowest BCUT2D eigenvalue weighted by Crippen LogP contribution is -2.62. The SMILES string of the molecule is C=CC(C/C=C(\C)N1c2sc3cc4c(cc3c2B2C3=C(C=C(C(C)(C)C)CC31)N(c1ccc(C(C)(C)C)cc1-c1ccccc1)c1cc3c(cc12)C(C)(C)CCC3(C)C)[C@@]1(C)CCC(C1)C4C)C(C)(C)C. The lowest BCUT2D eigenvalue weighted by Gasteiger charge is -2.52. The van der Waals surface area contributed by atoms with Gasteiger partial charge in [0.15, 0.2) is 0 Å². The molecule has 4 aliphatic carbocycles. The summed E-state index contributed by atoms with van der Waals surface area (Å²) in [6.07, 6.45) is 15.8. The molecule has 4 unspecified atom stereocenters. The molecule has 1 aromatic heterocycles. The molecular weight excluding hydrogens is 876 g/mol. The maximum absolute atomic E-state index is 4.38. The number of rotatable bonds is 6. The molecule has 0 radical (unpaired) electrons. The molecule has 5 atom stereocenters. The summed E-state index contributed by atoms with van der Waals surface area (Å²) in [4.78, 5) is 5.66. The third kappa shape index (κ3) is 7.67. The minimum Gasteiger partial charge on any atom is -0.331 e. The van der Waals surface area contributed by atoms with Crippen molar-refractivity contribution in [2.45, 2.75) is 189 Å². The fourth-order valence-electron chi connectivity index (χ4n) is 14.5. The van der Waals surface area contributed by atoms with Crippen molar-refractivity contribution in [2.75, 3.05) is 9.80 Å². The van der Waals surface area contributed by atoms with Gasteiger partial charge in [0.2, 0.25) is 6.71 Å². The molecule has 11 rings (SSSR count). The van der Waals surface area contributed by atoms with Crippen molar-refractivity contribution >= 4 is 55.4 Å². The van der Waals surface area contributed by atoms with E-state index in [0.29, 0.717) is 11.8 Å². The maximum Gasteiger partial charge on any atom is 0.249 e. The van der Waals surface area contributed by atoms with Crippen LogP contribution in [-0.4, -0.2) is 12.8 Å². The maximum atomic E-state index is 4.38. The van der Waals surface area contributed by atoms with E-state index in [2.05, 4.69) is 230 Å². The quantitative estimate of drug-likeness (QED) is 0.124. The number of nitrogens with zero attached hydrogens (tertiary/aromatic N) is 2. The minimum atomic E-state index is -0.0337. The Bertz CT molecular complexity index is 3110. The lowest BCUT2D eigenvalue weighted by molar-refractivity contribution is 0.295. The first-order valence-electron chi connectivity index (χ1n) is 27.6. The molecule has 0 N–H and O–H groups in total. The summed E-state index contributed by atoms with van der Waals surface area (Å²) in [7, 11) is 0. The van der Waals surface area contributed by atoms with Crippen molar-refractivity contribution in [1.29, 1.82) is 0 Å². The van der Waals surface area contributed by atoms with Gasteiger partial charge < -0.3 is 9.80 Å². The molecule has 0 spiro atoms. The number of benzene rings is 4. The highest BCUT2D eigenvalue weighted by Crippen LogP contribution is 2.59. The Kier molecular flexibility index (Phi) is 11.1. The summed E-state index contributed by atoms with van der Waals surface area (Å²) in [6, 6.07) is 29.8. The first-order valence-corrected chi connectivity index (χ1v) is 28.4. The third-order valence-corrected chi connectivity index (χ3v) is 20.6. The average Bonchev–Trinajstić information content (AvgIpc) is 3.86. The van der Waals surface area contributed by atoms with Crippen molar-refractivity contribution < 1.29 is 0 Å². The average molecular weight is 959 g/mol. The third-order valence-electron chi connectivity index (χ3n) is 19.4. The van der Waals surface area contributed by atoms with E-state index in [1.165, 1.54) is 103 Å². The van der Waals surface area contributed by atoms with Crippen LogP contribution in [0.2, 0.25) is 0 Å². The Balaban J connectivity index is 1.29. The Labute approximate surface area is 433 Å². The van der Waals surface area contributed by atoms with Gasteiger partial charge in [0.05, 0.1) is 16.7 Å². The minimum absolute atomic E-state index is 0.00598. The van der Waals surface area contributed by atoms with Crippen LogP contribution in [0, 0.1) is 22.7 Å². The van der Waals surface area contributed by atoms with Gasteiger partial charge in [-0.3, -0.25) is 0 Å². The predicted molar refractivity (Wildman–Crippen MR) is 311 cm³/mol. The largest absolute Gasteiger partial charge is 0.331 e. The zero-order chi connectivity index (χ0) is 50.7. The van der Waals surface area contributed by atoms with Crippen molar-refractivity contribution in [1.82, 2.24) is 0 Å². The zero-order valence-corrected chi connectivity index (χ0v) is 47.3. The molecule has 370 valence electrons. The van der Waals surface area contributed by atoms with E-state index >= 15 is 0 Å². The van der Waals surface area contributed by atoms with E-state index in [-0.39, 0.29) is 45.2 Å². The van der Waals surface area contributed by atoms with Crippen LogP contribution in [0.25, 0.3) is 21.2 Å². The first kappa shape index (κ1) is 48.7. The van der Waals surface area contributed by atoms with Gasteiger partial charge in [-0.1, -0.05) is 164 Å². The second-order valence-electron chi connectivity index (χ2n) is 28.1. The highest BCUT2D eigenvalue weighted by Gasteiger charge is 2.53. The molecule has 5 aromatic rings. The Hall–Kier alpha value is -4.54. The molecule has 1 fully saturated rings. The predicted octanol–water partition coefficient (Wildman–Crippen LogP) is 17.7. The number of fused-ring (bicyclic) bond motifs is 11. The topological polar surface area (TPSA) is 6.48 Å². The molecule has 2 bridgehead atoms. The summed E-state index contributed by atoms with van der Waals surface area (Å²) in [5, 5.41) is 2.96. The Morgan fingerprint density at radius 2 is 1.51 bits per heavy atom. The molecule has 3 heterocycles. The number of thiophene rings is 1. The van der Waals surface area contributed by atoms with E-state index in [0.717, 1.165) is 18.8 Å².